The summed E-state index contributed by atoms with van der Waals surface area (Å²) in [7, 11) is 0. The van der Waals surface area contributed by atoms with Crippen molar-refractivity contribution in [2.75, 3.05) is 37.6 Å². The first-order valence-electron chi connectivity index (χ1n) is 7.69. The molecule has 1 atom stereocenters. The number of primary amides is 1. The number of piperazine rings is 1. The van der Waals surface area contributed by atoms with Crippen LogP contribution in [0.15, 0.2) is 18.3 Å². The van der Waals surface area contributed by atoms with Gasteiger partial charge in [-0.3, -0.25) is 9.59 Å². The Hall–Kier alpha value is -1.57. The Balaban J connectivity index is 0.00000144. The van der Waals surface area contributed by atoms with Crippen LogP contribution in [-0.4, -0.2) is 60.5 Å². The lowest BCUT2D eigenvalue weighted by Crippen LogP contribution is -2.53. The number of anilines is 1. The normalized spacial score (nSPS) is 20.1. The second-order valence-electron chi connectivity index (χ2n) is 5.70. The van der Waals surface area contributed by atoms with E-state index in [2.05, 4.69) is 10.3 Å². The number of carbonyl (C=O) groups excluding carboxylic acids is 2. The average Bonchev–Trinajstić information content (AvgIpc) is 3.09. The SMILES string of the molecule is Cl.Cl.NC(=O)c1cccnc1N1CCN(C(=O)[C@@H]2CCCN2)CC1. The van der Waals surface area contributed by atoms with Crippen molar-refractivity contribution in [2.24, 2.45) is 5.73 Å². The number of nitrogens with two attached hydrogens (primary N) is 1. The van der Waals surface area contributed by atoms with Gasteiger partial charge < -0.3 is 20.9 Å². The highest BCUT2D eigenvalue weighted by molar-refractivity contribution is 5.97. The standard InChI is InChI=1S/C15H21N5O2.2ClH/c16-13(21)11-3-1-6-18-14(11)19-7-9-20(10-8-19)15(22)12-4-2-5-17-12;;/h1,3,6,12,17H,2,4-5,7-10H2,(H2,16,21);2*1H/t12-;;/m0../s1. The molecule has 1 aromatic heterocycles. The van der Waals surface area contributed by atoms with Crippen LogP contribution in [0.1, 0.15) is 23.2 Å². The maximum atomic E-state index is 12.4. The molecule has 2 aliphatic rings. The van der Waals surface area contributed by atoms with Crippen LogP contribution in [0.3, 0.4) is 0 Å². The molecule has 3 heterocycles. The third-order valence-electron chi connectivity index (χ3n) is 4.30. The Bertz CT molecular complexity index is 573. The molecule has 0 aromatic carbocycles. The maximum Gasteiger partial charge on any atom is 0.252 e. The molecule has 134 valence electrons. The molecule has 7 nitrogen and oxygen atoms in total. The number of amides is 2. The van der Waals surface area contributed by atoms with E-state index >= 15 is 0 Å². The summed E-state index contributed by atoms with van der Waals surface area (Å²) >= 11 is 0. The predicted molar refractivity (Wildman–Crippen MR) is 97.1 cm³/mol. The van der Waals surface area contributed by atoms with Gasteiger partial charge in [0, 0.05) is 32.4 Å². The molecule has 0 unspecified atom stereocenters. The topological polar surface area (TPSA) is 91.6 Å². The summed E-state index contributed by atoms with van der Waals surface area (Å²) in [6, 6.07) is 3.36. The summed E-state index contributed by atoms with van der Waals surface area (Å²) in [5.41, 5.74) is 5.83. The van der Waals surface area contributed by atoms with Crippen LogP contribution in [0.4, 0.5) is 5.82 Å². The van der Waals surface area contributed by atoms with Crippen molar-refractivity contribution in [3.05, 3.63) is 23.9 Å². The second-order valence-corrected chi connectivity index (χ2v) is 5.70. The molecule has 2 amide bonds. The number of nitrogens with zero attached hydrogens (tertiary/aromatic N) is 3. The Kier molecular flexibility index (Phi) is 7.72. The quantitative estimate of drug-likeness (QED) is 0.798. The highest BCUT2D eigenvalue weighted by Gasteiger charge is 2.30. The van der Waals surface area contributed by atoms with Gasteiger partial charge in [0.2, 0.25) is 5.91 Å². The van der Waals surface area contributed by atoms with Crippen molar-refractivity contribution in [3.8, 4) is 0 Å². The summed E-state index contributed by atoms with van der Waals surface area (Å²) in [6.07, 6.45) is 3.64. The fourth-order valence-electron chi connectivity index (χ4n) is 3.10. The van der Waals surface area contributed by atoms with Crippen LogP contribution in [-0.2, 0) is 4.79 Å². The maximum absolute atomic E-state index is 12.4. The minimum atomic E-state index is -0.475. The third kappa shape index (κ3) is 4.28. The molecule has 0 aliphatic carbocycles. The number of halogens is 2. The zero-order chi connectivity index (χ0) is 15.5. The van der Waals surface area contributed by atoms with Crippen LogP contribution >= 0.6 is 24.8 Å². The van der Waals surface area contributed by atoms with Crippen LogP contribution in [0.5, 0.6) is 0 Å². The van der Waals surface area contributed by atoms with Gasteiger partial charge in [-0.25, -0.2) is 4.98 Å². The molecule has 0 bridgehead atoms. The van der Waals surface area contributed by atoms with Gasteiger partial charge in [-0.2, -0.15) is 0 Å². The summed E-state index contributed by atoms with van der Waals surface area (Å²) < 4.78 is 0. The molecule has 2 saturated heterocycles. The van der Waals surface area contributed by atoms with Crippen LogP contribution in [0.2, 0.25) is 0 Å². The van der Waals surface area contributed by atoms with Gasteiger partial charge in [0.15, 0.2) is 0 Å². The molecule has 3 rings (SSSR count). The van der Waals surface area contributed by atoms with E-state index in [0.717, 1.165) is 19.4 Å². The van der Waals surface area contributed by atoms with Crippen molar-refractivity contribution < 1.29 is 9.59 Å². The van der Waals surface area contributed by atoms with Crippen molar-refractivity contribution in [1.82, 2.24) is 15.2 Å². The van der Waals surface area contributed by atoms with E-state index in [1.165, 1.54) is 0 Å². The van der Waals surface area contributed by atoms with Crippen molar-refractivity contribution in [1.29, 1.82) is 0 Å². The molecule has 24 heavy (non-hydrogen) atoms. The van der Waals surface area contributed by atoms with Crippen LogP contribution in [0, 0.1) is 0 Å². The van der Waals surface area contributed by atoms with Crippen molar-refractivity contribution >= 4 is 42.4 Å². The third-order valence-corrected chi connectivity index (χ3v) is 4.30. The molecule has 3 N–H and O–H groups in total. The van der Waals surface area contributed by atoms with Gasteiger partial charge in [0.25, 0.3) is 5.91 Å². The average molecular weight is 376 g/mol. The van der Waals surface area contributed by atoms with Gasteiger partial charge in [-0.15, -0.1) is 24.8 Å². The Morgan fingerprint density at radius 3 is 2.50 bits per heavy atom. The van der Waals surface area contributed by atoms with E-state index in [4.69, 9.17) is 5.73 Å². The van der Waals surface area contributed by atoms with Gasteiger partial charge in [0.05, 0.1) is 11.6 Å². The van der Waals surface area contributed by atoms with E-state index < -0.39 is 5.91 Å². The first kappa shape index (κ1) is 20.5. The molecule has 0 spiro atoms. The van der Waals surface area contributed by atoms with E-state index in [0.29, 0.717) is 37.6 Å². The summed E-state index contributed by atoms with van der Waals surface area (Å²) in [4.78, 5) is 32.1. The fourth-order valence-corrected chi connectivity index (χ4v) is 3.10. The lowest BCUT2D eigenvalue weighted by atomic mass is 10.1. The van der Waals surface area contributed by atoms with Crippen LogP contribution in [0.25, 0.3) is 0 Å². The molecule has 2 fully saturated rings. The van der Waals surface area contributed by atoms with E-state index in [1.54, 1.807) is 18.3 Å². The van der Waals surface area contributed by atoms with Crippen LogP contribution < -0.4 is 16.0 Å². The fraction of sp³-hybridized carbons (Fsp3) is 0.533. The Morgan fingerprint density at radius 2 is 1.92 bits per heavy atom. The minimum Gasteiger partial charge on any atom is -0.365 e. The zero-order valence-electron chi connectivity index (χ0n) is 13.3. The monoisotopic (exact) mass is 375 g/mol. The molecule has 1 aromatic rings. The van der Waals surface area contributed by atoms with E-state index in [1.807, 2.05) is 9.80 Å². The first-order chi connectivity index (χ1) is 10.7. The molecule has 2 aliphatic heterocycles. The summed E-state index contributed by atoms with van der Waals surface area (Å²) in [5.74, 6) is 0.325. The van der Waals surface area contributed by atoms with Gasteiger partial charge >= 0.3 is 0 Å². The smallest absolute Gasteiger partial charge is 0.252 e. The highest BCUT2D eigenvalue weighted by atomic mass is 35.5. The molecular weight excluding hydrogens is 353 g/mol. The zero-order valence-corrected chi connectivity index (χ0v) is 14.9. The van der Waals surface area contributed by atoms with E-state index in [9.17, 15) is 9.59 Å². The van der Waals surface area contributed by atoms with Gasteiger partial charge in [-0.05, 0) is 31.5 Å². The minimum absolute atomic E-state index is 0. The first-order valence-corrected chi connectivity index (χ1v) is 7.69. The van der Waals surface area contributed by atoms with Gasteiger partial charge in [-0.1, -0.05) is 0 Å². The number of rotatable bonds is 3. The van der Waals surface area contributed by atoms with Gasteiger partial charge in [0.1, 0.15) is 5.82 Å². The number of carbonyl (C=O) groups is 2. The predicted octanol–water partition coefficient (Wildman–Crippen LogP) is 0.425. The van der Waals surface area contributed by atoms with Crippen molar-refractivity contribution in [2.45, 2.75) is 18.9 Å². The number of hydrogen-bond donors (Lipinski definition) is 2. The number of hydrogen-bond acceptors (Lipinski definition) is 5. The molecule has 0 radical (unpaired) electrons. The lowest BCUT2D eigenvalue weighted by Gasteiger charge is -2.37. The lowest BCUT2D eigenvalue weighted by molar-refractivity contribution is -0.133. The number of aromatic nitrogens is 1. The number of nitrogens with one attached hydrogen (secondary N) is 1. The van der Waals surface area contributed by atoms with E-state index in [-0.39, 0.29) is 36.8 Å². The second kappa shape index (κ2) is 9.05. The summed E-state index contributed by atoms with van der Waals surface area (Å²) in [6.45, 7) is 3.54. The largest absolute Gasteiger partial charge is 0.365 e. The van der Waals surface area contributed by atoms with Crippen molar-refractivity contribution in [3.63, 3.8) is 0 Å². The number of pyridine rings is 1. The molecule has 0 saturated carbocycles. The molecular formula is C15H23Cl2N5O2. The Labute approximate surface area is 153 Å². The highest BCUT2D eigenvalue weighted by Crippen LogP contribution is 2.19. The summed E-state index contributed by atoms with van der Waals surface area (Å²) in [5, 5.41) is 3.24. The Morgan fingerprint density at radius 1 is 1.21 bits per heavy atom. The molecule has 9 heteroatoms.